The maximum atomic E-state index is 11.5. The number of carboxylic acids is 1. The first-order chi connectivity index (χ1) is 8.40. The van der Waals surface area contributed by atoms with Gasteiger partial charge in [0.05, 0.1) is 0 Å². The Morgan fingerprint density at radius 2 is 1.83 bits per heavy atom. The molecule has 2 N–H and O–H groups in total. The van der Waals surface area contributed by atoms with Crippen molar-refractivity contribution in [2.45, 2.75) is 26.3 Å². The molecule has 5 heteroatoms. The molecule has 0 spiro atoms. The number of nitrogens with one attached hydrogen (secondary N) is 1. The molecule has 1 atom stereocenters. The Bertz CT molecular complexity index is 428. The van der Waals surface area contributed by atoms with E-state index in [0.29, 0.717) is 0 Å². The van der Waals surface area contributed by atoms with Crippen molar-refractivity contribution < 1.29 is 14.7 Å². The molecule has 1 aromatic carbocycles. The molecule has 0 saturated heterocycles. The first-order valence-electron chi connectivity index (χ1n) is 5.67. The molecule has 4 nitrogen and oxygen atoms in total. The first-order valence-corrected chi connectivity index (χ1v) is 6.47. The number of carbonyl (C=O) groups excluding carboxylic acids is 1. The highest BCUT2D eigenvalue weighted by Gasteiger charge is 2.21. The van der Waals surface area contributed by atoms with Crippen molar-refractivity contribution in [3.63, 3.8) is 0 Å². The van der Waals surface area contributed by atoms with Gasteiger partial charge >= 0.3 is 5.97 Å². The molecule has 1 unspecified atom stereocenters. The smallest absolute Gasteiger partial charge is 0.326 e. The minimum atomic E-state index is -1.02. The van der Waals surface area contributed by atoms with E-state index < -0.39 is 12.0 Å². The van der Waals surface area contributed by atoms with E-state index in [9.17, 15) is 9.59 Å². The van der Waals surface area contributed by atoms with E-state index in [0.717, 1.165) is 10.0 Å². The van der Waals surface area contributed by atoms with Crippen molar-refractivity contribution in [3.05, 3.63) is 34.3 Å². The Morgan fingerprint density at radius 3 is 2.28 bits per heavy atom. The zero-order valence-electron chi connectivity index (χ0n) is 10.3. The van der Waals surface area contributed by atoms with Gasteiger partial charge in [-0.05, 0) is 17.7 Å². The molecule has 1 rings (SSSR count). The highest BCUT2D eigenvalue weighted by atomic mass is 79.9. The molecule has 0 fully saturated rings. The summed E-state index contributed by atoms with van der Waals surface area (Å²) in [5.41, 5.74) is 0.870. The van der Waals surface area contributed by atoms with Gasteiger partial charge < -0.3 is 10.4 Å². The van der Waals surface area contributed by atoms with E-state index in [1.807, 2.05) is 24.3 Å². The van der Waals surface area contributed by atoms with Crippen LogP contribution in [0.5, 0.6) is 0 Å². The quantitative estimate of drug-likeness (QED) is 0.876. The van der Waals surface area contributed by atoms with Crippen LogP contribution < -0.4 is 5.32 Å². The third kappa shape index (κ3) is 4.49. The number of hydrogen-bond acceptors (Lipinski definition) is 2. The van der Waals surface area contributed by atoms with E-state index in [4.69, 9.17) is 5.11 Å². The second-order valence-electron chi connectivity index (χ2n) is 4.38. The van der Waals surface area contributed by atoms with Gasteiger partial charge in [0, 0.05) is 16.8 Å². The number of carboxylic acid groups (broad SMARTS) is 1. The number of benzene rings is 1. The molecule has 0 radical (unpaired) electrons. The van der Waals surface area contributed by atoms with Crippen LogP contribution in [0.15, 0.2) is 28.7 Å². The summed E-state index contributed by atoms with van der Waals surface area (Å²) in [6.07, 6.45) is 0.279. The summed E-state index contributed by atoms with van der Waals surface area (Å²) in [4.78, 5) is 22.6. The van der Waals surface area contributed by atoms with Gasteiger partial charge in [0.2, 0.25) is 5.91 Å². The summed E-state index contributed by atoms with van der Waals surface area (Å²) in [6.45, 7) is 3.46. The van der Waals surface area contributed by atoms with E-state index in [-0.39, 0.29) is 18.2 Å². The predicted octanol–water partition coefficient (Wildman–Crippen LogP) is 2.22. The Morgan fingerprint density at radius 1 is 1.28 bits per heavy atom. The van der Waals surface area contributed by atoms with Gasteiger partial charge in [0.15, 0.2) is 0 Å². The van der Waals surface area contributed by atoms with Crippen molar-refractivity contribution in [2.24, 2.45) is 5.92 Å². The normalized spacial score (nSPS) is 12.2. The summed E-state index contributed by atoms with van der Waals surface area (Å²) < 4.78 is 0.935. The number of rotatable bonds is 5. The molecule has 0 heterocycles. The fourth-order valence-electron chi connectivity index (χ4n) is 1.39. The van der Waals surface area contributed by atoms with E-state index in [2.05, 4.69) is 21.2 Å². The van der Waals surface area contributed by atoms with Crippen LogP contribution in [0.2, 0.25) is 0 Å². The summed E-state index contributed by atoms with van der Waals surface area (Å²) >= 11 is 3.31. The number of hydrogen-bond donors (Lipinski definition) is 2. The molecule has 0 saturated carbocycles. The monoisotopic (exact) mass is 313 g/mol. The van der Waals surface area contributed by atoms with Crippen LogP contribution in [0.4, 0.5) is 0 Å². The van der Waals surface area contributed by atoms with Gasteiger partial charge in [0.1, 0.15) is 6.04 Å². The van der Waals surface area contributed by atoms with Crippen molar-refractivity contribution in [1.82, 2.24) is 5.32 Å². The van der Waals surface area contributed by atoms with Crippen molar-refractivity contribution in [1.29, 1.82) is 0 Å². The molecule has 18 heavy (non-hydrogen) atoms. The van der Waals surface area contributed by atoms with Crippen LogP contribution >= 0.6 is 15.9 Å². The van der Waals surface area contributed by atoms with E-state index in [1.54, 1.807) is 13.8 Å². The van der Waals surface area contributed by atoms with Gasteiger partial charge in [-0.1, -0.05) is 41.9 Å². The van der Waals surface area contributed by atoms with Gasteiger partial charge in [-0.15, -0.1) is 0 Å². The van der Waals surface area contributed by atoms with Crippen molar-refractivity contribution in [3.8, 4) is 0 Å². The van der Waals surface area contributed by atoms with Crippen LogP contribution in [0.1, 0.15) is 19.4 Å². The zero-order chi connectivity index (χ0) is 13.7. The molecule has 0 aromatic heterocycles. The largest absolute Gasteiger partial charge is 0.480 e. The number of carbonyl (C=O) groups is 2. The molecule has 98 valence electrons. The van der Waals surface area contributed by atoms with Crippen molar-refractivity contribution >= 4 is 27.8 Å². The SMILES string of the molecule is CC(C)C(=O)NC(Cc1ccc(Br)cc1)C(=O)O. The second kappa shape index (κ2) is 6.54. The van der Waals surface area contributed by atoms with Crippen LogP contribution in [-0.2, 0) is 16.0 Å². The van der Waals surface area contributed by atoms with Gasteiger partial charge in [-0.2, -0.15) is 0 Å². The van der Waals surface area contributed by atoms with Crippen LogP contribution in [0, 0.1) is 5.92 Å². The van der Waals surface area contributed by atoms with Crippen LogP contribution in [0.3, 0.4) is 0 Å². The highest BCUT2D eigenvalue weighted by molar-refractivity contribution is 9.10. The van der Waals surface area contributed by atoms with Crippen molar-refractivity contribution in [2.75, 3.05) is 0 Å². The topological polar surface area (TPSA) is 66.4 Å². The molecular formula is C13H16BrNO3. The average Bonchev–Trinajstić information content (AvgIpc) is 2.30. The van der Waals surface area contributed by atoms with E-state index >= 15 is 0 Å². The molecule has 1 aromatic rings. The van der Waals surface area contributed by atoms with Crippen LogP contribution in [-0.4, -0.2) is 23.0 Å². The fraction of sp³-hybridized carbons (Fsp3) is 0.385. The minimum absolute atomic E-state index is 0.225. The standard InChI is InChI=1S/C13H16BrNO3/c1-8(2)12(16)15-11(13(17)18)7-9-3-5-10(14)6-4-9/h3-6,8,11H,7H2,1-2H3,(H,15,16)(H,17,18). The Kier molecular flexibility index (Phi) is 5.34. The van der Waals surface area contributed by atoms with Gasteiger partial charge in [-0.25, -0.2) is 4.79 Å². The first kappa shape index (κ1) is 14.7. The highest BCUT2D eigenvalue weighted by Crippen LogP contribution is 2.12. The number of aliphatic carboxylic acids is 1. The molecular weight excluding hydrogens is 298 g/mol. The third-order valence-corrected chi connectivity index (χ3v) is 3.02. The summed E-state index contributed by atoms with van der Waals surface area (Å²) in [5, 5.41) is 11.6. The number of amides is 1. The fourth-order valence-corrected chi connectivity index (χ4v) is 1.66. The molecule has 1 amide bonds. The maximum Gasteiger partial charge on any atom is 0.326 e. The van der Waals surface area contributed by atoms with Gasteiger partial charge in [0.25, 0.3) is 0 Å². The predicted molar refractivity (Wildman–Crippen MR) is 72.3 cm³/mol. The third-order valence-electron chi connectivity index (χ3n) is 2.49. The molecule has 0 aliphatic carbocycles. The summed E-state index contributed by atoms with van der Waals surface area (Å²) in [7, 11) is 0. The maximum absolute atomic E-state index is 11.5. The number of halogens is 1. The Labute approximate surface area is 115 Å². The zero-order valence-corrected chi connectivity index (χ0v) is 11.9. The lowest BCUT2D eigenvalue weighted by molar-refractivity contribution is -0.142. The van der Waals surface area contributed by atoms with E-state index in [1.165, 1.54) is 0 Å². The van der Waals surface area contributed by atoms with Crippen LogP contribution in [0.25, 0.3) is 0 Å². The Hall–Kier alpha value is -1.36. The van der Waals surface area contributed by atoms with Gasteiger partial charge in [-0.3, -0.25) is 4.79 Å². The lowest BCUT2D eigenvalue weighted by atomic mass is 10.1. The molecule has 0 aliphatic rings. The molecule has 0 bridgehead atoms. The summed E-state index contributed by atoms with van der Waals surface area (Å²) in [6, 6.07) is 6.47. The minimum Gasteiger partial charge on any atom is -0.480 e. The lowest BCUT2D eigenvalue weighted by Gasteiger charge is -2.16. The summed E-state index contributed by atoms with van der Waals surface area (Å²) in [5.74, 6) is -1.50. The second-order valence-corrected chi connectivity index (χ2v) is 5.30. The lowest BCUT2D eigenvalue weighted by Crippen LogP contribution is -2.44. The average molecular weight is 314 g/mol. The Balaban J connectivity index is 2.72. The molecule has 0 aliphatic heterocycles.